The number of amides is 1. The van der Waals surface area contributed by atoms with E-state index in [1.54, 1.807) is 12.3 Å². The number of pyridine rings is 1. The second-order valence-corrected chi connectivity index (χ2v) is 3.86. The fourth-order valence-electron chi connectivity index (χ4n) is 1.52. The summed E-state index contributed by atoms with van der Waals surface area (Å²) >= 11 is 0. The molecule has 5 heteroatoms. The summed E-state index contributed by atoms with van der Waals surface area (Å²) in [5, 5.41) is 0. The summed E-state index contributed by atoms with van der Waals surface area (Å²) < 4.78 is 3.86. The second-order valence-electron chi connectivity index (χ2n) is 3.86. The topological polar surface area (TPSA) is 59.5 Å². The van der Waals surface area contributed by atoms with E-state index in [0.29, 0.717) is 18.1 Å². The third-order valence-electron chi connectivity index (χ3n) is 2.33. The number of carbonyl (C=O) groups is 2. The minimum absolute atomic E-state index is 0.0544. The predicted octanol–water partition coefficient (Wildman–Crippen LogP) is 0.963. The van der Waals surface area contributed by atoms with Crippen LogP contribution in [0.25, 0.3) is 0 Å². The quantitative estimate of drug-likeness (QED) is 0.718. The van der Waals surface area contributed by atoms with Gasteiger partial charge in [-0.15, -0.1) is 0 Å². The molecule has 0 N–H and O–H groups in total. The van der Waals surface area contributed by atoms with Crippen LogP contribution in [0.1, 0.15) is 17.4 Å². The lowest BCUT2D eigenvalue weighted by Gasteiger charge is -2.36. The Morgan fingerprint density at radius 2 is 2.18 bits per heavy atom. The fourth-order valence-corrected chi connectivity index (χ4v) is 1.52. The fraction of sp³-hybridized carbons (Fsp3) is 0.417. The van der Waals surface area contributed by atoms with Gasteiger partial charge in [0.15, 0.2) is 0 Å². The molecular formula is C12H16N2O3. The molecule has 1 aromatic heterocycles. The molecule has 1 aromatic rings. The van der Waals surface area contributed by atoms with Gasteiger partial charge in [-0.3, -0.25) is 14.6 Å². The number of hydrogen-bond donors (Lipinski definition) is 0. The highest BCUT2D eigenvalue weighted by Crippen LogP contribution is 2.16. The first-order valence-electron chi connectivity index (χ1n) is 5.35. The average Bonchev–Trinajstić information content (AvgIpc) is 2.35. The number of carbonyl (C=O) groups excluding carboxylic acids is 2. The molecule has 0 saturated carbocycles. The van der Waals surface area contributed by atoms with Crippen molar-refractivity contribution in [2.75, 3.05) is 20.2 Å². The van der Waals surface area contributed by atoms with Crippen molar-refractivity contribution in [2.24, 2.45) is 5.92 Å². The Morgan fingerprint density at radius 3 is 2.59 bits per heavy atom. The van der Waals surface area contributed by atoms with Crippen molar-refractivity contribution in [3.05, 3.63) is 30.1 Å². The normalized spacial score (nSPS) is 14.1. The first-order chi connectivity index (χ1) is 8.19. The van der Waals surface area contributed by atoms with Gasteiger partial charge in [0.2, 0.25) is 0 Å². The highest BCUT2D eigenvalue weighted by molar-refractivity contribution is 5.92. The van der Waals surface area contributed by atoms with E-state index in [9.17, 15) is 4.79 Å². The molecule has 0 aromatic carbocycles. The Morgan fingerprint density at radius 1 is 1.53 bits per heavy atom. The third kappa shape index (κ3) is 3.86. The van der Waals surface area contributed by atoms with Gasteiger partial charge < -0.3 is 9.64 Å². The van der Waals surface area contributed by atoms with Crippen LogP contribution in [0.2, 0.25) is 0 Å². The van der Waals surface area contributed by atoms with E-state index in [2.05, 4.69) is 16.6 Å². The number of methoxy groups -OCH3 is 1. The molecule has 0 radical (unpaired) electrons. The van der Waals surface area contributed by atoms with Gasteiger partial charge in [0.1, 0.15) is 5.69 Å². The average molecular weight is 236 g/mol. The van der Waals surface area contributed by atoms with Crippen LogP contribution >= 0.6 is 0 Å². The molecule has 1 aliphatic rings. The SMILES string of the molecule is CC1CN(C(=O)c2ccccn2)C1.COC=O. The Labute approximate surface area is 100 Å². The van der Waals surface area contributed by atoms with Crippen molar-refractivity contribution in [3.63, 3.8) is 0 Å². The lowest BCUT2D eigenvalue weighted by atomic mass is 10.0. The Kier molecular flexibility index (Phi) is 5.13. The maximum atomic E-state index is 11.6. The summed E-state index contributed by atoms with van der Waals surface area (Å²) in [6.07, 6.45) is 1.65. The number of likely N-dealkylation sites (tertiary alicyclic amines) is 1. The predicted molar refractivity (Wildman–Crippen MR) is 62.4 cm³/mol. The van der Waals surface area contributed by atoms with Crippen LogP contribution in [0, 0.1) is 5.92 Å². The van der Waals surface area contributed by atoms with Crippen molar-refractivity contribution >= 4 is 12.4 Å². The molecule has 2 heterocycles. The number of nitrogens with zero attached hydrogens (tertiary/aromatic N) is 2. The lowest BCUT2D eigenvalue weighted by molar-refractivity contribution is -0.126. The summed E-state index contributed by atoms with van der Waals surface area (Å²) in [7, 11) is 1.31. The van der Waals surface area contributed by atoms with Gasteiger partial charge >= 0.3 is 0 Å². The molecular weight excluding hydrogens is 220 g/mol. The van der Waals surface area contributed by atoms with E-state index in [1.807, 2.05) is 17.0 Å². The molecule has 0 aliphatic carbocycles. The lowest BCUT2D eigenvalue weighted by Crippen LogP contribution is -2.48. The van der Waals surface area contributed by atoms with Gasteiger partial charge in [0.25, 0.3) is 12.4 Å². The molecule has 17 heavy (non-hydrogen) atoms. The van der Waals surface area contributed by atoms with Crippen molar-refractivity contribution in [1.29, 1.82) is 0 Å². The summed E-state index contributed by atoms with van der Waals surface area (Å²) in [4.78, 5) is 26.4. The Hall–Kier alpha value is -1.91. The van der Waals surface area contributed by atoms with E-state index < -0.39 is 0 Å². The molecule has 2 rings (SSSR count). The van der Waals surface area contributed by atoms with Crippen LogP contribution < -0.4 is 0 Å². The van der Waals surface area contributed by atoms with E-state index in [4.69, 9.17) is 4.79 Å². The zero-order valence-corrected chi connectivity index (χ0v) is 10.00. The standard InChI is InChI=1S/C10H12N2O.C2H4O2/c1-8-6-12(7-8)10(13)9-4-2-3-5-11-9;1-4-2-3/h2-5,8H,6-7H2,1H3;2H,1H3. The van der Waals surface area contributed by atoms with Gasteiger partial charge in [-0.05, 0) is 18.1 Å². The van der Waals surface area contributed by atoms with E-state index in [1.165, 1.54) is 7.11 Å². The zero-order valence-electron chi connectivity index (χ0n) is 10.00. The van der Waals surface area contributed by atoms with Gasteiger partial charge in [-0.2, -0.15) is 0 Å². The molecule has 0 unspecified atom stereocenters. The molecule has 0 bridgehead atoms. The molecule has 1 saturated heterocycles. The molecule has 5 nitrogen and oxygen atoms in total. The maximum Gasteiger partial charge on any atom is 0.292 e. The number of rotatable bonds is 2. The van der Waals surface area contributed by atoms with E-state index >= 15 is 0 Å². The first-order valence-corrected chi connectivity index (χ1v) is 5.35. The maximum absolute atomic E-state index is 11.6. The van der Waals surface area contributed by atoms with Crippen molar-refractivity contribution in [1.82, 2.24) is 9.88 Å². The smallest absolute Gasteiger partial charge is 0.292 e. The summed E-state index contributed by atoms with van der Waals surface area (Å²) in [6, 6.07) is 5.41. The Balaban J connectivity index is 0.000000317. The van der Waals surface area contributed by atoms with Crippen molar-refractivity contribution in [3.8, 4) is 0 Å². The molecule has 92 valence electrons. The highest BCUT2D eigenvalue weighted by Gasteiger charge is 2.28. The molecule has 1 fully saturated rings. The van der Waals surface area contributed by atoms with Gasteiger partial charge in [-0.1, -0.05) is 13.0 Å². The molecule has 1 aliphatic heterocycles. The number of hydrogen-bond acceptors (Lipinski definition) is 4. The molecule has 1 amide bonds. The number of aromatic nitrogens is 1. The van der Waals surface area contributed by atoms with Crippen LogP contribution in [-0.4, -0.2) is 42.5 Å². The monoisotopic (exact) mass is 236 g/mol. The van der Waals surface area contributed by atoms with Crippen LogP contribution in [0.5, 0.6) is 0 Å². The first kappa shape index (κ1) is 13.2. The highest BCUT2D eigenvalue weighted by atomic mass is 16.5. The Bertz CT molecular complexity index is 361. The summed E-state index contributed by atoms with van der Waals surface area (Å²) in [6.45, 7) is 4.26. The van der Waals surface area contributed by atoms with Crippen LogP contribution in [0.4, 0.5) is 0 Å². The van der Waals surface area contributed by atoms with Gasteiger partial charge in [0.05, 0.1) is 7.11 Å². The van der Waals surface area contributed by atoms with Gasteiger partial charge in [-0.25, -0.2) is 0 Å². The van der Waals surface area contributed by atoms with Crippen molar-refractivity contribution in [2.45, 2.75) is 6.92 Å². The largest absolute Gasteiger partial charge is 0.471 e. The van der Waals surface area contributed by atoms with Crippen LogP contribution in [-0.2, 0) is 9.53 Å². The molecule has 0 spiro atoms. The summed E-state index contributed by atoms with van der Waals surface area (Å²) in [5.74, 6) is 0.700. The minimum Gasteiger partial charge on any atom is -0.471 e. The second kappa shape index (κ2) is 6.62. The number of ether oxygens (including phenoxy) is 1. The minimum atomic E-state index is 0.0544. The molecule has 0 atom stereocenters. The van der Waals surface area contributed by atoms with Gasteiger partial charge in [0, 0.05) is 19.3 Å². The van der Waals surface area contributed by atoms with Crippen molar-refractivity contribution < 1.29 is 14.3 Å². The van der Waals surface area contributed by atoms with Crippen LogP contribution in [0.15, 0.2) is 24.4 Å². The van der Waals surface area contributed by atoms with Crippen LogP contribution in [0.3, 0.4) is 0 Å². The zero-order chi connectivity index (χ0) is 12.7. The summed E-state index contributed by atoms with van der Waals surface area (Å²) in [5.41, 5.74) is 0.550. The third-order valence-corrected chi connectivity index (χ3v) is 2.33. The van der Waals surface area contributed by atoms with E-state index in [0.717, 1.165) is 13.1 Å². The van der Waals surface area contributed by atoms with E-state index in [-0.39, 0.29) is 5.91 Å².